The highest BCUT2D eigenvalue weighted by Crippen LogP contribution is 2.38. The summed E-state index contributed by atoms with van der Waals surface area (Å²) in [5.74, 6) is -2.25. The van der Waals surface area contributed by atoms with Crippen molar-refractivity contribution in [3.8, 4) is 0 Å². The van der Waals surface area contributed by atoms with E-state index in [1.807, 2.05) is 0 Å². The molecule has 0 amide bonds. The largest absolute Gasteiger partial charge is 0.323 e. The van der Waals surface area contributed by atoms with Gasteiger partial charge in [-0.05, 0) is 25.2 Å². The zero-order valence-electron chi connectivity index (χ0n) is 10.7. The van der Waals surface area contributed by atoms with E-state index < -0.39 is 5.92 Å². The van der Waals surface area contributed by atoms with E-state index in [1.165, 1.54) is 0 Å². The molecule has 17 heavy (non-hydrogen) atoms. The zero-order chi connectivity index (χ0) is 12.5. The van der Waals surface area contributed by atoms with Crippen LogP contribution in [0.15, 0.2) is 0 Å². The molecule has 1 saturated carbocycles. The summed E-state index contributed by atoms with van der Waals surface area (Å²) in [5, 5.41) is 0. The molecule has 0 spiro atoms. The van der Waals surface area contributed by atoms with Crippen molar-refractivity contribution in [3.63, 3.8) is 0 Å². The van der Waals surface area contributed by atoms with E-state index >= 15 is 0 Å². The first-order valence-electron chi connectivity index (χ1n) is 6.81. The van der Waals surface area contributed by atoms with Crippen molar-refractivity contribution in [2.24, 2.45) is 11.7 Å². The van der Waals surface area contributed by atoms with Crippen LogP contribution < -0.4 is 5.73 Å². The molecule has 1 saturated heterocycles. The standard InChI is InChI=1S/C13H24F2N2/c1-2-5-12(16)9-17(10-12)8-11-4-3-6-13(14,15)7-11/h11H,2-10,16H2,1H3. The van der Waals surface area contributed by atoms with Crippen molar-refractivity contribution in [1.29, 1.82) is 0 Å². The van der Waals surface area contributed by atoms with Gasteiger partial charge in [-0.15, -0.1) is 0 Å². The van der Waals surface area contributed by atoms with Gasteiger partial charge in [-0.3, -0.25) is 4.90 Å². The lowest BCUT2D eigenvalue weighted by atomic mass is 9.82. The summed E-state index contributed by atoms with van der Waals surface area (Å²) in [4.78, 5) is 2.25. The lowest BCUT2D eigenvalue weighted by Crippen LogP contribution is -2.67. The molecular formula is C13H24F2N2. The van der Waals surface area contributed by atoms with Gasteiger partial charge in [0.05, 0.1) is 0 Å². The van der Waals surface area contributed by atoms with E-state index in [9.17, 15) is 8.78 Å². The average molecular weight is 246 g/mol. The van der Waals surface area contributed by atoms with Crippen molar-refractivity contribution in [1.82, 2.24) is 4.90 Å². The highest BCUT2D eigenvalue weighted by Gasteiger charge is 2.42. The molecule has 0 aromatic heterocycles. The third-order valence-electron chi connectivity index (χ3n) is 4.08. The molecule has 2 nitrogen and oxygen atoms in total. The van der Waals surface area contributed by atoms with Crippen molar-refractivity contribution in [2.75, 3.05) is 19.6 Å². The fourth-order valence-corrected chi connectivity index (χ4v) is 3.43. The maximum atomic E-state index is 13.3. The molecule has 1 atom stereocenters. The summed E-state index contributed by atoms with van der Waals surface area (Å²) in [6.45, 7) is 4.74. The number of rotatable bonds is 4. The maximum absolute atomic E-state index is 13.3. The van der Waals surface area contributed by atoms with Crippen LogP contribution in [0.1, 0.15) is 45.4 Å². The molecule has 1 heterocycles. The van der Waals surface area contributed by atoms with E-state index in [2.05, 4.69) is 11.8 Å². The first-order chi connectivity index (χ1) is 7.92. The van der Waals surface area contributed by atoms with Gasteiger partial charge >= 0.3 is 0 Å². The monoisotopic (exact) mass is 246 g/mol. The maximum Gasteiger partial charge on any atom is 0.248 e. The fourth-order valence-electron chi connectivity index (χ4n) is 3.43. The molecule has 2 aliphatic rings. The van der Waals surface area contributed by atoms with Gasteiger partial charge in [0.2, 0.25) is 5.92 Å². The van der Waals surface area contributed by atoms with Gasteiger partial charge in [-0.25, -0.2) is 8.78 Å². The van der Waals surface area contributed by atoms with Gasteiger partial charge in [0, 0.05) is 38.0 Å². The molecule has 4 heteroatoms. The summed E-state index contributed by atoms with van der Waals surface area (Å²) in [6, 6.07) is 0. The predicted octanol–water partition coefficient (Wildman–Crippen LogP) is 2.63. The Kier molecular flexibility index (Phi) is 3.74. The number of nitrogens with zero attached hydrogens (tertiary/aromatic N) is 1. The number of likely N-dealkylation sites (tertiary alicyclic amines) is 1. The molecule has 2 rings (SSSR count). The quantitative estimate of drug-likeness (QED) is 0.826. The second-order valence-corrected chi connectivity index (χ2v) is 6.10. The Morgan fingerprint density at radius 3 is 2.65 bits per heavy atom. The Hall–Kier alpha value is -0.220. The molecule has 0 bridgehead atoms. The Labute approximate surface area is 103 Å². The van der Waals surface area contributed by atoms with Crippen LogP contribution >= 0.6 is 0 Å². The number of alkyl halides is 2. The van der Waals surface area contributed by atoms with Crippen LogP contribution in [0.3, 0.4) is 0 Å². The van der Waals surface area contributed by atoms with Crippen LogP contribution in [0.2, 0.25) is 0 Å². The smallest absolute Gasteiger partial charge is 0.248 e. The van der Waals surface area contributed by atoms with Crippen LogP contribution in [0.5, 0.6) is 0 Å². The summed E-state index contributed by atoms with van der Waals surface area (Å²) in [5.41, 5.74) is 6.14. The lowest BCUT2D eigenvalue weighted by Gasteiger charge is -2.49. The van der Waals surface area contributed by atoms with Gasteiger partial charge in [-0.1, -0.05) is 13.3 Å². The van der Waals surface area contributed by atoms with E-state index in [-0.39, 0.29) is 24.3 Å². The molecule has 1 aliphatic heterocycles. The van der Waals surface area contributed by atoms with Gasteiger partial charge < -0.3 is 5.73 Å². The third-order valence-corrected chi connectivity index (χ3v) is 4.08. The number of hydrogen-bond donors (Lipinski definition) is 1. The normalized spacial score (nSPS) is 32.1. The van der Waals surface area contributed by atoms with Crippen LogP contribution in [-0.4, -0.2) is 36.0 Å². The van der Waals surface area contributed by atoms with Crippen LogP contribution in [0.4, 0.5) is 8.78 Å². The highest BCUT2D eigenvalue weighted by atomic mass is 19.3. The summed E-state index contributed by atoms with van der Waals surface area (Å²) >= 11 is 0. The molecule has 0 aromatic carbocycles. The minimum atomic E-state index is -2.42. The molecule has 2 N–H and O–H groups in total. The van der Waals surface area contributed by atoms with Crippen molar-refractivity contribution < 1.29 is 8.78 Å². The summed E-state index contributed by atoms with van der Waals surface area (Å²) in [7, 11) is 0. The third kappa shape index (κ3) is 3.38. The van der Waals surface area contributed by atoms with Crippen LogP contribution in [-0.2, 0) is 0 Å². The molecular weight excluding hydrogens is 222 g/mol. The summed E-state index contributed by atoms with van der Waals surface area (Å²) in [6.07, 6.45) is 3.94. The Morgan fingerprint density at radius 1 is 1.35 bits per heavy atom. The van der Waals surface area contributed by atoms with E-state index in [0.717, 1.165) is 38.9 Å². The minimum Gasteiger partial charge on any atom is -0.323 e. The summed E-state index contributed by atoms with van der Waals surface area (Å²) < 4.78 is 26.5. The fraction of sp³-hybridized carbons (Fsp3) is 1.00. The molecule has 1 unspecified atom stereocenters. The number of hydrogen-bond acceptors (Lipinski definition) is 2. The van der Waals surface area contributed by atoms with E-state index in [0.29, 0.717) is 6.42 Å². The lowest BCUT2D eigenvalue weighted by molar-refractivity contribution is -0.0640. The van der Waals surface area contributed by atoms with E-state index in [1.54, 1.807) is 0 Å². The van der Waals surface area contributed by atoms with Crippen molar-refractivity contribution in [3.05, 3.63) is 0 Å². The van der Waals surface area contributed by atoms with Crippen molar-refractivity contribution in [2.45, 2.75) is 56.9 Å². The molecule has 100 valence electrons. The topological polar surface area (TPSA) is 29.3 Å². The first kappa shape index (κ1) is 13.2. The predicted molar refractivity (Wildman–Crippen MR) is 65.2 cm³/mol. The highest BCUT2D eigenvalue weighted by molar-refractivity contribution is 5.00. The Balaban J connectivity index is 1.73. The zero-order valence-corrected chi connectivity index (χ0v) is 10.7. The van der Waals surface area contributed by atoms with Gasteiger partial charge in [0.1, 0.15) is 0 Å². The first-order valence-corrected chi connectivity index (χ1v) is 6.81. The van der Waals surface area contributed by atoms with E-state index in [4.69, 9.17) is 5.73 Å². The number of halogens is 2. The van der Waals surface area contributed by atoms with Crippen LogP contribution in [0.25, 0.3) is 0 Å². The molecule has 0 radical (unpaired) electrons. The molecule has 1 aliphatic carbocycles. The minimum absolute atomic E-state index is 0.0358. The van der Waals surface area contributed by atoms with Crippen molar-refractivity contribution >= 4 is 0 Å². The SMILES string of the molecule is CCCC1(N)CN(CC2CCCC(F)(F)C2)C1. The van der Waals surface area contributed by atoms with Gasteiger partial charge in [0.15, 0.2) is 0 Å². The average Bonchev–Trinajstić information content (AvgIpc) is 2.14. The Morgan fingerprint density at radius 2 is 2.06 bits per heavy atom. The second-order valence-electron chi connectivity index (χ2n) is 6.10. The van der Waals surface area contributed by atoms with Gasteiger partial charge in [0.25, 0.3) is 0 Å². The van der Waals surface area contributed by atoms with Crippen LogP contribution in [0, 0.1) is 5.92 Å². The van der Waals surface area contributed by atoms with Gasteiger partial charge in [-0.2, -0.15) is 0 Å². The second kappa shape index (κ2) is 4.81. The molecule has 0 aromatic rings. The number of nitrogens with two attached hydrogens (primary N) is 1. The molecule has 2 fully saturated rings. The Bertz CT molecular complexity index is 262.